The molecule has 7 rings (SSSR count). The molecule has 0 saturated carbocycles. The molecule has 4 aromatic carbocycles. The maximum absolute atomic E-state index is 11.0. The molecule has 5 aromatic rings. The minimum absolute atomic E-state index is 0.328. The maximum Gasteiger partial charge on any atom is 0.335 e. The van der Waals surface area contributed by atoms with Crippen LogP contribution in [0.3, 0.4) is 0 Å². The molecule has 0 radical (unpaired) electrons. The first kappa shape index (κ1) is 21.4. The molecule has 35 heavy (non-hydrogen) atoms. The van der Waals surface area contributed by atoms with E-state index in [1.165, 1.54) is 51.6 Å². The number of hydrogen-bond acceptors (Lipinski definition) is 1. The SMILES string of the molecule is C1=Cc2ccc3c4c(ccc3c2=CC1)CCCC=4.Cn1c2ccccc2c2cc(C(=O)O)ccc21. The molecule has 1 heterocycles. The van der Waals surface area contributed by atoms with Crippen molar-refractivity contribution in [3.63, 3.8) is 0 Å². The van der Waals surface area contributed by atoms with Crippen LogP contribution < -0.4 is 10.4 Å². The standard InChI is InChI=1S/C18H16.C14H11NO2/c1-3-7-15-13(5-1)9-11-18-16-8-4-2-6-14(16)10-12-17(15)18;1-15-12-5-3-2-4-10(12)11-8-9(14(16)17)6-7-13(11)15/h1,5,7-12H,2-4,6H2;2-8H,1H3,(H,16,17). The molecule has 0 aliphatic heterocycles. The van der Waals surface area contributed by atoms with Crippen molar-refractivity contribution in [1.29, 1.82) is 0 Å². The second kappa shape index (κ2) is 8.59. The normalized spacial score (nSPS) is 14.0. The second-order valence-corrected chi connectivity index (χ2v) is 9.35. The van der Waals surface area contributed by atoms with E-state index < -0.39 is 5.97 Å². The molecular formula is C32H27NO2. The molecule has 2 aliphatic carbocycles. The Kier molecular flexibility index (Phi) is 5.26. The molecule has 0 fully saturated rings. The van der Waals surface area contributed by atoms with E-state index in [2.05, 4.69) is 53.1 Å². The van der Waals surface area contributed by atoms with E-state index in [0.717, 1.165) is 28.2 Å². The highest BCUT2D eigenvalue weighted by Crippen LogP contribution is 2.28. The number of allylic oxidation sites excluding steroid dienone is 1. The number of para-hydroxylation sites is 1. The average molecular weight is 458 g/mol. The van der Waals surface area contributed by atoms with E-state index in [4.69, 9.17) is 5.11 Å². The Balaban J connectivity index is 0.000000131. The number of nitrogens with zero attached hydrogens (tertiary/aromatic N) is 1. The Morgan fingerprint density at radius 1 is 0.829 bits per heavy atom. The van der Waals surface area contributed by atoms with E-state index in [-0.39, 0.29) is 0 Å². The predicted octanol–water partition coefficient (Wildman–Crippen LogP) is 6.18. The average Bonchev–Trinajstić information content (AvgIpc) is 3.20. The van der Waals surface area contributed by atoms with Gasteiger partial charge in [0.05, 0.1) is 5.56 Å². The van der Waals surface area contributed by atoms with E-state index in [1.54, 1.807) is 12.1 Å². The zero-order valence-corrected chi connectivity index (χ0v) is 19.8. The highest BCUT2D eigenvalue weighted by molar-refractivity contribution is 6.10. The van der Waals surface area contributed by atoms with Crippen LogP contribution in [0.1, 0.15) is 40.7 Å². The Morgan fingerprint density at radius 2 is 1.63 bits per heavy atom. The van der Waals surface area contributed by atoms with Gasteiger partial charge < -0.3 is 9.67 Å². The van der Waals surface area contributed by atoms with Gasteiger partial charge >= 0.3 is 5.97 Å². The van der Waals surface area contributed by atoms with Gasteiger partial charge in [-0.05, 0) is 82.3 Å². The number of benzene rings is 4. The highest BCUT2D eigenvalue weighted by Gasteiger charge is 2.11. The van der Waals surface area contributed by atoms with Crippen LogP contribution in [0.2, 0.25) is 0 Å². The van der Waals surface area contributed by atoms with Gasteiger partial charge in [0.25, 0.3) is 0 Å². The van der Waals surface area contributed by atoms with Gasteiger partial charge in [-0.1, -0.05) is 66.8 Å². The highest BCUT2D eigenvalue weighted by atomic mass is 16.4. The second-order valence-electron chi connectivity index (χ2n) is 9.35. The summed E-state index contributed by atoms with van der Waals surface area (Å²) < 4.78 is 2.08. The minimum atomic E-state index is -0.889. The summed E-state index contributed by atoms with van der Waals surface area (Å²) >= 11 is 0. The zero-order valence-electron chi connectivity index (χ0n) is 19.8. The molecule has 0 unspecified atom stereocenters. The fourth-order valence-corrected chi connectivity index (χ4v) is 5.57. The summed E-state index contributed by atoms with van der Waals surface area (Å²) in [6, 6.07) is 22.5. The number of carboxylic acid groups (broad SMARTS) is 1. The van der Waals surface area contributed by atoms with Gasteiger partial charge in [-0.25, -0.2) is 4.79 Å². The molecule has 0 amide bonds. The summed E-state index contributed by atoms with van der Waals surface area (Å²) in [5.74, 6) is -0.889. The largest absolute Gasteiger partial charge is 0.478 e. The number of aromatic nitrogens is 1. The third-order valence-corrected chi connectivity index (χ3v) is 7.32. The topological polar surface area (TPSA) is 42.2 Å². The van der Waals surface area contributed by atoms with Crippen LogP contribution in [0.5, 0.6) is 0 Å². The van der Waals surface area contributed by atoms with Gasteiger partial charge in [0.1, 0.15) is 0 Å². The summed E-state index contributed by atoms with van der Waals surface area (Å²) in [5, 5.41) is 16.9. The molecule has 3 nitrogen and oxygen atoms in total. The fraction of sp³-hybridized carbons (Fsp3) is 0.156. The van der Waals surface area contributed by atoms with E-state index in [0.29, 0.717) is 5.56 Å². The van der Waals surface area contributed by atoms with Crippen LogP contribution >= 0.6 is 0 Å². The Labute approximate surface area is 203 Å². The van der Waals surface area contributed by atoms with Gasteiger partial charge in [0.15, 0.2) is 0 Å². The van der Waals surface area contributed by atoms with Crippen LogP contribution in [0, 0.1) is 0 Å². The van der Waals surface area contributed by atoms with Crippen molar-refractivity contribution in [3.05, 3.63) is 99.9 Å². The van der Waals surface area contributed by atoms with Crippen molar-refractivity contribution in [2.75, 3.05) is 0 Å². The van der Waals surface area contributed by atoms with Gasteiger partial charge in [0, 0.05) is 28.9 Å². The monoisotopic (exact) mass is 457 g/mol. The summed E-state index contributed by atoms with van der Waals surface area (Å²) in [4.78, 5) is 11.0. The number of carbonyl (C=O) groups is 1. The predicted molar refractivity (Wildman–Crippen MR) is 146 cm³/mol. The molecular weight excluding hydrogens is 430 g/mol. The van der Waals surface area contributed by atoms with Gasteiger partial charge in [0.2, 0.25) is 0 Å². The molecule has 0 bridgehead atoms. The third kappa shape index (κ3) is 3.64. The number of fused-ring (bicyclic) bond motifs is 8. The van der Waals surface area contributed by atoms with Crippen LogP contribution in [0.4, 0.5) is 0 Å². The van der Waals surface area contributed by atoms with Gasteiger partial charge in [-0.15, -0.1) is 0 Å². The van der Waals surface area contributed by atoms with Crippen molar-refractivity contribution >= 4 is 56.8 Å². The third-order valence-electron chi connectivity index (χ3n) is 7.32. The molecule has 1 aromatic heterocycles. The smallest absolute Gasteiger partial charge is 0.335 e. The number of aryl methyl sites for hydroxylation is 2. The van der Waals surface area contributed by atoms with E-state index >= 15 is 0 Å². The Hall–Kier alpha value is -4.11. The van der Waals surface area contributed by atoms with Crippen LogP contribution in [-0.2, 0) is 13.5 Å². The van der Waals surface area contributed by atoms with Crippen molar-refractivity contribution in [2.24, 2.45) is 7.05 Å². The first-order valence-electron chi connectivity index (χ1n) is 12.2. The summed E-state index contributed by atoms with van der Waals surface area (Å²) in [5.41, 5.74) is 5.39. The first-order valence-corrected chi connectivity index (χ1v) is 12.2. The molecule has 0 spiro atoms. The molecule has 0 atom stereocenters. The lowest BCUT2D eigenvalue weighted by atomic mass is 9.92. The molecule has 2 aliphatic rings. The number of hydrogen-bond donors (Lipinski definition) is 1. The van der Waals surface area contributed by atoms with Crippen molar-refractivity contribution in [1.82, 2.24) is 4.57 Å². The summed E-state index contributed by atoms with van der Waals surface area (Å²) in [7, 11) is 1.99. The lowest BCUT2D eigenvalue weighted by Gasteiger charge is -2.13. The van der Waals surface area contributed by atoms with Crippen molar-refractivity contribution in [2.45, 2.75) is 25.7 Å². The molecule has 172 valence electrons. The van der Waals surface area contributed by atoms with Crippen molar-refractivity contribution in [3.8, 4) is 0 Å². The summed E-state index contributed by atoms with van der Waals surface area (Å²) in [6.07, 6.45) is 14.1. The Morgan fingerprint density at radius 3 is 2.51 bits per heavy atom. The van der Waals surface area contributed by atoms with E-state index in [9.17, 15) is 4.79 Å². The molecule has 1 N–H and O–H groups in total. The van der Waals surface area contributed by atoms with Crippen molar-refractivity contribution < 1.29 is 9.90 Å². The van der Waals surface area contributed by atoms with Crippen LogP contribution in [-0.4, -0.2) is 15.6 Å². The minimum Gasteiger partial charge on any atom is -0.478 e. The first-order chi connectivity index (χ1) is 17.1. The number of carboxylic acids is 1. The lowest BCUT2D eigenvalue weighted by Crippen LogP contribution is -2.18. The van der Waals surface area contributed by atoms with Crippen LogP contribution in [0.15, 0.2) is 72.8 Å². The van der Waals surface area contributed by atoms with E-state index in [1.807, 2.05) is 37.4 Å². The Bertz CT molecular complexity index is 1790. The fourth-order valence-electron chi connectivity index (χ4n) is 5.57. The quantitative estimate of drug-likeness (QED) is 0.326. The summed E-state index contributed by atoms with van der Waals surface area (Å²) in [6.45, 7) is 0. The number of rotatable bonds is 1. The lowest BCUT2D eigenvalue weighted by molar-refractivity contribution is 0.0697. The number of aromatic carboxylic acids is 1. The zero-order chi connectivity index (χ0) is 23.9. The molecule has 0 saturated heterocycles. The maximum atomic E-state index is 11.0. The van der Waals surface area contributed by atoms with Gasteiger partial charge in [-0.3, -0.25) is 0 Å². The molecule has 3 heteroatoms. The van der Waals surface area contributed by atoms with Gasteiger partial charge in [-0.2, -0.15) is 0 Å². The van der Waals surface area contributed by atoms with Crippen LogP contribution in [0.25, 0.3) is 50.8 Å².